The first kappa shape index (κ1) is 20.5. The van der Waals surface area contributed by atoms with E-state index in [-0.39, 0.29) is 18.9 Å². The highest BCUT2D eigenvalue weighted by atomic mass is 79.9. The van der Waals surface area contributed by atoms with Gasteiger partial charge in [-0.2, -0.15) is 0 Å². The number of benzene rings is 2. The van der Waals surface area contributed by atoms with E-state index in [1.807, 2.05) is 43.3 Å². The second-order valence-corrected chi connectivity index (χ2v) is 8.27. The highest BCUT2D eigenvalue weighted by Gasteiger charge is 2.36. The van der Waals surface area contributed by atoms with E-state index in [4.69, 9.17) is 4.74 Å². The minimum atomic E-state index is -0.584. The van der Waals surface area contributed by atoms with Crippen molar-refractivity contribution < 1.29 is 19.1 Å². The number of ether oxygens (including phenoxy) is 1. The largest absolute Gasteiger partial charge is 0.455 e. The molecule has 0 spiro atoms. The zero-order valence-electron chi connectivity index (χ0n) is 15.1. The summed E-state index contributed by atoms with van der Waals surface area (Å²) in [5, 5.41) is 2.69. The van der Waals surface area contributed by atoms with Crippen molar-refractivity contribution in [3.63, 3.8) is 0 Å². The number of halogens is 2. The maximum atomic E-state index is 12.3. The molecule has 2 amide bonds. The van der Waals surface area contributed by atoms with Crippen molar-refractivity contribution in [2.45, 2.75) is 13.3 Å². The zero-order valence-corrected chi connectivity index (χ0v) is 18.2. The van der Waals surface area contributed by atoms with E-state index in [1.165, 1.54) is 0 Å². The van der Waals surface area contributed by atoms with Crippen molar-refractivity contribution in [3.05, 3.63) is 57.0 Å². The Morgan fingerprint density at radius 1 is 1.18 bits per heavy atom. The lowest BCUT2D eigenvalue weighted by Gasteiger charge is -2.16. The molecule has 0 saturated carbocycles. The van der Waals surface area contributed by atoms with E-state index in [1.54, 1.807) is 11.0 Å². The lowest BCUT2D eigenvalue weighted by Crippen LogP contribution is -2.28. The van der Waals surface area contributed by atoms with E-state index in [9.17, 15) is 14.4 Å². The molecule has 0 aliphatic carbocycles. The monoisotopic (exact) mass is 508 g/mol. The SMILES string of the molecule is Cc1cc(NC(=O)COC(=O)[C@H]2CC(=O)N(c3ccc(Br)cc3)C2)ccc1Br. The second-order valence-electron chi connectivity index (χ2n) is 6.50. The Balaban J connectivity index is 1.52. The summed E-state index contributed by atoms with van der Waals surface area (Å²) in [7, 11) is 0. The van der Waals surface area contributed by atoms with E-state index in [0.717, 1.165) is 20.2 Å². The molecule has 1 heterocycles. The third kappa shape index (κ3) is 4.99. The zero-order chi connectivity index (χ0) is 20.3. The summed E-state index contributed by atoms with van der Waals surface area (Å²) in [6.07, 6.45) is 0.0718. The molecule has 2 aromatic rings. The molecule has 0 bridgehead atoms. The molecule has 1 aliphatic rings. The lowest BCUT2D eigenvalue weighted by atomic mass is 10.1. The number of amides is 2. The van der Waals surface area contributed by atoms with Crippen LogP contribution in [0.2, 0.25) is 0 Å². The number of esters is 1. The number of carbonyl (C=O) groups excluding carboxylic acids is 3. The quantitative estimate of drug-likeness (QED) is 0.617. The van der Waals surface area contributed by atoms with Gasteiger partial charge in [-0.1, -0.05) is 31.9 Å². The van der Waals surface area contributed by atoms with E-state index >= 15 is 0 Å². The van der Waals surface area contributed by atoms with Gasteiger partial charge in [-0.05, 0) is 55.0 Å². The molecule has 28 heavy (non-hydrogen) atoms. The summed E-state index contributed by atoms with van der Waals surface area (Å²) in [5.41, 5.74) is 2.33. The minimum Gasteiger partial charge on any atom is -0.455 e. The second kappa shape index (κ2) is 8.87. The van der Waals surface area contributed by atoms with Crippen LogP contribution in [0.4, 0.5) is 11.4 Å². The van der Waals surface area contributed by atoms with Crippen LogP contribution in [0.1, 0.15) is 12.0 Å². The van der Waals surface area contributed by atoms with E-state index < -0.39 is 24.4 Å². The molecule has 2 aromatic carbocycles. The van der Waals surface area contributed by atoms with Crippen LogP contribution in [0.25, 0.3) is 0 Å². The van der Waals surface area contributed by atoms with Crippen LogP contribution < -0.4 is 10.2 Å². The highest BCUT2D eigenvalue weighted by Crippen LogP contribution is 2.27. The standard InChI is InChI=1S/C20H18Br2N2O4/c1-12-8-15(4-7-17(12)22)23-18(25)11-28-20(27)13-9-19(26)24(10-13)16-5-2-14(21)3-6-16/h2-8,13H,9-11H2,1H3,(H,23,25)/t13-/m0/s1. The van der Waals surface area contributed by atoms with Gasteiger partial charge < -0.3 is 15.0 Å². The van der Waals surface area contributed by atoms with Gasteiger partial charge in [0.05, 0.1) is 5.92 Å². The van der Waals surface area contributed by atoms with Gasteiger partial charge in [0.2, 0.25) is 5.91 Å². The van der Waals surface area contributed by atoms with Crippen molar-refractivity contribution in [1.82, 2.24) is 0 Å². The summed E-state index contributed by atoms with van der Waals surface area (Å²) in [6.45, 7) is 1.76. The fourth-order valence-electron chi connectivity index (χ4n) is 2.91. The average Bonchev–Trinajstić information content (AvgIpc) is 3.05. The van der Waals surface area contributed by atoms with E-state index in [2.05, 4.69) is 37.2 Å². The van der Waals surface area contributed by atoms with Crippen LogP contribution in [-0.2, 0) is 19.1 Å². The molecule has 6 nitrogen and oxygen atoms in total. The molecule has 146 valence electrons. The Bertz CT molecular complexity index is 915. The predicted molar refractivity (Wildman–Crippen MR) is 113 cm³/mol. The molecule has 0 aromatic heterocycles. The number of nitrogens with one attached hydrogen (secondary N) is 1. The summed E-state index contributed by atoms with van der Waals surface area (Å²) >= 11 is 6.75. The van der Waals surface area contributed by atoms with Crippen molar-refractivity contribution in [3.8, 4) is 0 Å². The summed E-state index contributed by atoms with van der Waals surface area (Å²) in [4.78, 5) is 38.1. The van der Waals surface area contributed by atoms with Gasteiger partial charge in [0.1, 0.15) is 0 Å². The first-order valence-corrected chi connectivity index (χ1v) is 10.2. The van der Waals surface area contributed by atoms with Crippen LogP contribution in [0.3, 0.4) is 0 Å². The average molecular weight is 510 g/mol. The van der Waals surface area contributed by atoms with Crippen molar-refractivity contribution in [2.75, 3.05) is 23.4 Å². The predicted octanol–water partition coefficient (Wildman–Crippen LogP) is 4.05. The molecule has 0 radical (unpaired) electrons. The number of nitrogens with zero attached hydrogens (tertiary/aromatic N) is 1. The van der Waals surface area contributed by atoms with Gasteiger partial charge in [0.15, 0.2) is 6.61 Å². The number of hydrogen-bond donors (Lipinski definition) is 1. The Morgan fingerprint density at radius 3 is 2.57 bits per heavy atom. The molecule has 1 saturated heterocycles. The van der Waals surface area contributed by atoms with Crippen LogP contribution in [0.5, 0.6) is 0 Å². The topological polar surface area (TPSA) is 75.7 Å². The van der Waals surface area contributed by atoms with Gasteiger partial charge >= 0.3 is 5.97 Å². The fraction of sp³-hybridized carbons (Fsp3) is 0.250. The number of hydrogen-bond acceptors (Lipinski definition) is 4. The first-order chi connectivity index (χ1) is 13.3. The summed E-state index contributed by atoms with van der Waals surface area (Å²) < 4.78 is 6.97. The van der Waals surface area contributed by atoms with Gasteiger partial charge in [-0.15, -0.1) is 0 Å². The number of anilines is 2. The van der Waals surface area contributed by atoms with Gasteiger partial charge in [0, 0.05) is 33.3 Å². The molecule has 0 unspecified atom stereocenters. The van der Waals surface area contributed by atoms with Gasteiger partial charge in [-0.25, -0.2) is 0 Å². The lowest BCUT2D eigenvalue weighted by molar-refractivity contribution is -0.151. The van der Waals surface area contributed by atoms with Crippen molar-refractivity contribution >= 4 is 61.0 Å². The summed E-state index contributed by atoms with van der Waals surface area (Å²) in [5.74, 6) is -1.70. The molecule has 1 aliphatic heterocycles. The third-order valence-corrected chi connectivity index (χ3v) is 5.80. The number of carbonyl (C=O) groups is 3. The van der Waals surface area contributed by atoms with Gasteiger partial charge in [-0.3, -0.25) is 14.4 Å². The molecule has 8 heteroatoms. The maximum Gasteiger partial charge on any atom is 0.311 e. The Hall–Kier alpha value is -2.19. The normalized spacial score (nSPS) is 16.2. The van der Waals surface area contributed by atoms with Crippen molar-refractivity contribution in [2.24, 2.45) is 5.92 Å². The fourth-order valence-corrected chi connectivity index (χ4v) is 3.42. The molecule has 1 N–H and O–H groups in total. The Kier molecular flexibility index (Phi) is 6.51. The number of rotatable bonds is 5. The third-order valence-electron chi connectivity index (χ3n) is 4.38. The van der Waals surface area contributed by atoms with Crippen LogP contribution >= 0.6 is 31.9 Å². The van der Waals surface area contributed by atoms with Crippen LogP contribution in [-0.4, -0.2) is 30.9 Å². The maximum absolute atomic E-state index is 12.3. The Labute approximate surface area is 179 Å². The van der Waals surface area contributed by atoms with Gasteiger partial charge in [0.25, 0.3) is 5.91 Å². The summed E-state index contributed by atoms with van der Waals surface area (Å²) in [6, 6.07) is 12.7. The van der Waals surface area contributed by atoms with Crippen LogP contribution in [0, 0.1) is 12.8 Å². The molecule has 1 atom stereocenters. The molecule has 1 fully saturated rings. The number of aryl methyl sites for hydroxylation is 1. The first-order valence-electron chi connectivity index (χ1n) is 8.62. The molecular formula is C20H18Br2N2O4. The minimum absolute atomic E-state index is 0.0718. The molecule has 3 rings (SSSR count). The van der Waals surface area contributed by atoms with Crippen LogP contribution in [0.15, 0.2) is 51.4 Å². The van der Waals surface area contributed by atoms with E-state index in [0.29, 0.717) is 5.69 Å². The van der Waals surface area contributed by atoms with Crippen molar-refractivity contribution in [1.29, 1.82) is 0 Å². The Morgan fingerprint density at radius 2 is 1.89 bits per heavy atom. The molecular weight excluding hydrogens is 492 g/mol. The smallest absolute Gasteiger partial charge is 0.311 e. The highest BCUT2D eigenvalue weighted by molar-refractivity contribution is 9.10.